The van der Waals surface area contributed by atoms with E-state index in [1.54, 1.807) is 26.0 Å². The molecule has 2 aromatic heterocycles. The molecule has 0 aliphatic carbocycles. The molecule has 4 rings (SSSR count). The first-order valence-corrected chi connectivity index (χ1v) is 12.9. The summed E-state index contributed by atoms with van der Waals surface area (Å²) in [4.78, 5) is 43.0. The average molecular weight is 554 g/mol. The van der Waals surface area contributed by atoms with Gasteiger partial charge in [-0.1, -0.05) is 29.8 Å². The van der Waals surface area contributed by atoms with Crippen molar-refractivity contribution < 1.29 is 19.8 Å². The molecule has 3 heterocycles. The summed E-state index contributed by atoms with van der Waals surface area (Å²) in [5.74, 6) is 0.308. The van der Waals surface area contributed by atoms with Gasteiger partial charge in [-0.15, -0.1) is 0 Å². The molecule has 0 spiro atoms. The van der Waals surface area contributed by atoms with Gasteiger partial charge in [0.1, 0.15) is 11.9 Å². The van der Waals surface area contributed by atoms with Crippen molar-refractivity contribution in [2.45, 2.75) is 38.5 Å². The molecule has 0 saturated carbocycles. The van der Waals surface area contributed by atoms with Crippen molar-refractivity contribution in [3.8, 4) is 11.3 Å². The third-order valence-corrected chi connectivity index (χ3v) is 6.80. The summed E-state index contributed by atoms with van der Waals surface area (Å²) in [7, 11) is 3.71. The van der Waals surface area contributed by atoms with Gasteiger partial charge in [0.2, 0.25) is 11.9 Å². The lowest BCUT2D eigenvalue weighted by atomic mass is 10.0. The highest BCUT2D eigenvalue weighted by Crippen LogP contribution is 2.32. The lowest BCUT2D eigenvalue weighted by Crippen LogP contribution is -2.47. The number of nitrogens with zero attached hydrogens (tertiary/aromatic N) is 5. The topological polar surface area (TPSA) is 144 Å². The zero-order valence-electron chi connectivity index (χ0n) is 22.2. The fourth-order valence-corrected chi connectivity index (χ4v) is 4.42. The number of aliphatic hydroxyl groups is 2. The van der Waals surface area contributed by atoms with Gasteiger partial charge in [0.15, 0.2) is 0 Å². The Bertz CT molecular complexity index is 1370. The van der Waals surface area contributed by atoms with Crippen molar-refractivity contribution in [1.29, 1.82) is 0 Å². The lowest BCUT2D eigenvalue weighted by Gasteiger charge is -2.26. The van der Waals surface area contributed by atoms with Gasteiger partial charge in [-0.05, 0) is 37.6 Å². The normalized spacial score (nSPS) is 14.9. The van der Waals surface area contributed by atoms with Crippen molar-refractivity contribution >= 4 is 35.2 Å². The van der Waals surface area contributed by atoms with Gasteiger partial charge in [-0.2, -0.15) is 0 Å². The van der Waals surface area contributed by atoms with Crippen molar-refractivity contribution in [3.05, 3.63) is 64.4 Å². The van der Waals surface area contributed by atoms with Gasteiger partial charge >= 0.3 is 0 Å². The highest BCUT2D eigenvalue weighted by molar-refractivity contribution is 6.33. The van der Waals surface area contributed by atoms with Crippen LogP contribution >= 0.6 is 11.6 Å². The fraction of sp³-hybridized carbons (Fsp3) is 0.370. The van der Waals surface area contributed by atoms with Crippen LogP contribution in [0.2, 0.25) is 5.02 Å². The summed E-state index contributed by atoms with van der Waals surface area (Å²) in [5.41, 5.74) is 2.82. The maximum absolute atomic E-state index is 13.4. The lowest BCUT2D eigenvalue weighted by molar-refractivity contribution is -0.126. The molecule has 11 nitrogen and oxygen atoms in total. The van der Waals surface area contributed by atoms with Crippen LogP contribution in [0.15, 0.2) is 42.6 Å². The first kappa shape index (κ1) is 28.2. The van der Waals surface area contributed by atoms with E-state index in [0.29, 0.717) is 39.3 Å². The number of halogens is 1. The number of aliphatic hydroxyl groups excluding tert-OH is 2. The van der Waals surface area contributed by atoms with Crippen LogP contribution in [0.4, 0.5) is 11.8 Å². The zero-order chi connectivity index (χ0) is 28.3. The molecule has 3 atom stereocenters. The van der Waals surface area contributed by atoms with Crippen molar-refractivity contribution in [1.82, 2.24) is 25.2 Å². The molecule has 1 aromatic carbocycles. The molecular weight excluding hydrogens is 522 g/mol. The predicted octanol–water partition coefficient (Wildman–Crippen LogP) is 2.24. The number of benzene rings is 1. The zero-order valence-corrected chi connectivity index (χ0v) is 23.0. The summed E-state index contributed by atoms with van der Waals surface area (Å²) >= 11 is 6.37. The van der Waals surface area contributed by atoms with E-state index < -0.39 is 18.0 Å². The minimum absolute atomic E-state index is 0.0890. The van der Waals surface area contributed by atoms with Crippen molar-refractivity contribution in [2.24, 2.45) is 0 Å². The minimum atomic E-state index is -0.794. The molecule has 206 valence electrons. The van der Waals surface area contributed by atoms with Crippen molar-refractivity contribution in [3.63, 3.8) is 0 Å². The highest BCUT2D eigenvalue weighted by atomic mass is 35.5. The number of amides is 2. The van der Waals surface area contributed by atoms with Crippen LogP contribution in [0.5, 0.6) is 0 Å². The Morgan fingerprint density at radius 2 is 1.92 bits per heavy atom. The smallest absolute Gasteiger partial charge is 0.255 e. The maximum Gasteiger partial charge on any atom is 0.255 e. The first-order chi connectivity index (χ1) is 18.6. The van der Waals surface area contributed by atoms with E-state index in [9.17, 15) is 19.8 Å². The Morgan fingerprint density at radius 3 is 2.62 bits per heavy atom. The third-order valence-electron chi connectivity index (χ3n) is 6.53. The van der Waals surface area contributed by atoms with E-state index in [4.69, 9.17) is 11.6 Å². The quantitative estimate of drug-likeness (QED) is 0.297. The molecule has 4 N–H and O–H groups in total. The van der Waals surface area contributed by atoms with Gasteiger partial charge in [-0.3, -0.25) is 9.59 Å². The Labute approximate surface area is 231 Å². The maximum atomic E-state index is 13.4. The Kier molecular flexibility index (Phi) is 8.63. The fourth-order valence-electron chi connectivity index (χ4n) is 4.22. The van der Waals surface area contributed by atoms with Crippen molar-refractivity contribution in [2.75, 3.05) is 37.5 Å². The molecule has 3 unspecified atom stereocenters. The molecule has 3 aromatic rings. The molecule has 39 heavy (non-hydrogen) atoms. The Hall–Kier alpha value is -3.80. The second-order valence-electron chi connectivity index (χ2n) is 9.66. The van der Waals surface area contributed by atoms with Gasteiger partial charge in [0.05, 0.1) is 41.9 Å². The Morgan fingerprint density at radius 1 is 1.15 bits per heavy atom. The largest absolute Gasteiger partial charge is 0.394 e. The first-order valence-electron chi connectivity index (χ1n) is 12.5. The number of aromatic nitrogens is 3. The monoisotopic (exact) mass is 553 g/mol. The molecule has 0 radical (unpaired) electrons. The summed E-state index contributed by atoms with van der Waals surface area (Å²) in [5, 5.41) is 25.4. The second-order valence-corrected chi connectivity index (χ2v) is 10.1. The van der Waals surface area contributed by atoms with Crippen LogP contribution in [0, 0.1) is 0 Å². The number of hydrogen-bond acceptors (Lipinski definition) is 9. The number of rotatable bonds is 10. The van der Waals surface area contributed by atoms with Gasteiger partial charge < -0.3 is 30.6 Å². The minimum Gasteiger partial charge on any atom is -0.394 e. The number of fused-ring (bicyclic) bond motifs is 1. The number of anilines is 2. The standard InChI is InChI=1S/C27H32ClN7O4/c1-15(13-36)30-27-29-11-20(28)24(33-27)17-8-9-18-12-35(26(39)19(18)10-17)16(2)25(38)32-22(14-37)21-6-5-7-23(31-21)34(3)4/h5-11,15-16,22,36-37H,12-14H2,1-4H3,(H,32,38)(H,29,30,33). The number of pyridine rings is 1. The van der Waals surface area contributed by atoms with E-state index in [-0.39, 0.29) is 31.7 Å². The van der Waals surface area contributed by atoms with Gasteiger partial charge in [-0.25, -0.2) is 15.0 Å². The molecular formula is C27H32ClN7O4. The average Bonchev–Trinajstić information content (AvgIpc) is 3.27. The third kappa shape index (κ3) is 6.11. The highest BCUT2D eigenvalue weighted by Gasteiger charge is 2.35. The van der Waals surface area contributed by atoms with Crippen LogP contribution in [0.1, 0.15) is 41.5 Å². The summed E-state index contributed by atoms with van der Waals surface area (Å²) in [6, 6.07) is 8.97. The Balaban J connectivity index is 1.51. The molecule has 0 saturated heterocycles. The van der Waals surface area contributed by atoms with Crippen LogP contribution in [-0.2, 0) is 11.3 Å². The number of carbonyl (C=O) groups is 2. The summed E-state index contributed by atoms with van der Waals surface area (Å²) < 4.78 is 0. The molecule has 12 heteroatoms. The summed E-state index contributed by atoms with van der Waals surface area (Å²) in [6.07, 6.45) is 1.46. The number of hydrogen-bond donors (Lipinski definition) is 4. The second kappa shape index (κ2) is 11.9. The number of carbonyl (C=O) groups excluding carboxylic acids is 2. The van der Waals surface area contributed by atoms with Crippen LogP contribution in [-0.4, -0.2) is 81.3 Å². The molecule has 1 aliphatic rings. The van der Waals surface area contributed by atoms with E-state index in [2.05, 4.69) is 25.6 Å². The summed E-state index contributed by atoms with van der Waals surface area (Å²) in [6.45, 7) is 3.28. The molecule has 1 aliphatic heterocycles. The van der Waals surface area contributed by atoms with E-state index in [0.717, 1.165) is 5.56 Å². The van der Waals surface area contributed by atoms with E-state index in [1.165, 1.54) is 11.1 Å². The molecule has 2 amide bonds. The molecule has 0 fully saturated rings. The van der Waals surface area contributed by atoms with Crippen LogP contribution in [0.3, 0.4) is 0 Å². The van der Waals surface area contributed by atoms with Gasteiger partial charge in [0.25, 0.3) is 5.91 Å². The van der Waals surface area contributed by atoms with E-state index in [1.807, 2.05) is 43.3 Å². The predicted molar refractivity (Wildman–Crippen MR) is 149 cm³/mol. The van der Waals surface area contributed by atoms with Crippen LogP contribution < -0.4 is 15.5 Å². The number of nitrogens with one attached hydrogen (secondary N) is 2. The SMILES string of the molecule is CC(CO)Nc1ncc(Cl)c(-c2ccc3c(c2)C(=O)N(C(C)C(=O)NC(CO)c2cccc(N(C)C)n2)C3)n1. The molecule has 0 bridgehead atoms. The van der Waals surface area contributed by atoms with Gasteiger partial charge in [0, 0.05) is 37.8 Å². The van der Waals surface area contributed by atoms with E-state index >= 15 is 0 Å². The van der Waals surface area contributed by atoms with Crippen LogP contribution in [0.25, 0.3) is 11.3 Å².